The fraction of sp³-hybridized carbons (Fsp3) is 0.438. The molecule has 3 aliphatic rings. The van der Waals surface area contributed by atoms with E-state index in [0.29, 0.717) is 51.5 Å². The first-order valence-electron chi connectivity index (χ1n) is 15.1. The number of halogens is 3. The molecule has 3 heterocycles. The van der Waals surface area contributed by atoms with Gasteiger partial charge in [0.05, 0.1) is 45.6 Å². The van der Waals surface area contributed by atoms with Crippen molar-refractivity contribution < 1.29 is 4.39 Å². The van der Waals surface area contributed by atoms with E-state index in [2.05, 4.69) is 47.4 Å². The molecule has 2 aromatic carbocycles. The average molecular weight is 620 g/mol. The zero-order valence-electron chi connectivity index (χ0n) is 23.8. The Labute approximate surface area is 260 Å². The molecule has 3 fully saturated rings. The number of likely N-dealkylation sites (tertiary alicyclic amines) is 1. The molecule has 2 aromatic heterocycles. The summed E-state index contributed by atoms with van der Waals surface area (Å²) in [7, 11) is 0. The van der Waals surface area contributed by atoms with Crippen LogP contribution in [-0.2, 0) is 6.54 Å². The lowest BCUT2D eigenvalue weighted by Gasteiger charge is -2.41. The van der Waals surface area contributed by atoms with Gasteiger partial charge in [-0.2, -0.15) is 5.26 Å². The minimum Gasteiger partial charge on any atom is -0.362 e. The van der Waals surface area contributed by atoms with Gasteiger partial charge in [-0.05, 0) is 75.3 Å². The molecular weight excluding hydrogens is 586 g/mol. The number of hydrogen-bond acceptors (Lipinski definition) is 7. The van der Waals surface area contributed by atoms with Crippen molar-refractivity contribution in [2.45, 2.75) is 76.0 Å². The second-order valence-electron chi connectivity index (χ2n) is 12.0. The normalized spacial score (nSPS) is 18.3. The molecule has 43 heavy (non-hydrogen) atoms. The van der Waals surface area contributed by atoms with Crippen molar-refractivity contribution >= 4 is 51.2 Å². The van der Waals surface area contributed by atoms with Crippen molar-refractivity contribution in [3.8, 4) is 6.07 Å². The van der Waals surface area contributed by atoms with Crippen molar-refractivity contribution in [1.29, 1.82) is 5.26 Å². The summed E-state index contributed by atoms with van der Waals surface area (Å²) in [5, 5.41) is 23.5. The van der Waals surface area contributed by atoms with Gasteiger partial charge in [-0.25, -0.2) is 9.07 Å². The highest BCUT2D eigenvalue weighted by Crippen LogP contribution is 2.39. The Hall–Kier alpha value is -3.45. The topological polar surface area (TPSA) is 85.9 Å². The fourth-order valence-electron chi connectivity index (χ4n) is 6.48. The maximum Gasteiger partial charge on any atom is 0.141 e. The number of rotatable bonds is 8. The van der Waals surface area contributed by atoms with Crippen molar-refractivity contribution in [2.75, 3.05) is 23.3 Å². The van der Waals surface area contributed by atoms with Crippen LogP contribution in [0.3, 0.4) is 0 Å². The maximum absolute atomic E-state index is 13.8. The van der Waals surface area contributed by atoms with Crippen molar-refractivity contribution in [2.24, 2.45) is 0 Å². The number of hydrogen-bond donors (Lipinski definition) is 1. The van der Waals surface area contributed by atoms with Gasteiger partial charge in [-0.1, -0.05) is 34.8 Å². The zero-order valence-corrected chi connectivity index (χ0v) is 25.3. The highest BCUT2D eigenvalue weighted by molar-refractivity contribution is 6.36. The van der Waals surface area contributed by atoms with E-state index in [0.717, 1.165) is 56.2 Å². The van der Waals surface area contributed by atoms with Gasteiger partial charge < -0.3 is 15.1 Å². The molecule has 0 bridgehead atoms. The van der Waals surface area contributed by atoms with Gasteiger partial charge in [-0.3, -0.25) is 4.98 Å². The lowest BCUT2D eigenvalue weighted by atomic mass is 9.89. The number of anilines is 3. The molecule has 0 spiro atoms. The van der Waals surface area contributed by atoms with E-state index in [1.807, 2.05) is 12.1 Å². The van der Waals surface area contributed by atoms with Crippen molar-refractivity contribution in [3.63, 3.8) is 0 Å². The summed E-state index contributed by atoms with van der Waals surface area (Å²) in [6.45, 7) is 2.87. The maximum atomic E-state index is 13.8. The van der Waals surface area contributed by atoms with E-state index in [9.17, 15) is 9.65 Å². The third kappa shape index (κ3) is 5.64. The van der Waals surface area contributed by atoms with Crippen LogP contribution in [0.25, 0.3) is 10.9 Å². The Morgan fingerprint density at radius 3 is 2.47 bits per heavy atom. The molecule has 2 saturated carbocycles. The Kier molecular flexibility index (Phi) is 7.85. The van der Waals surface area contributed by atoms with E-state index >= 15 is 0 Å². The number of nitrogens with one attached hydrogen (secondary N) is 1. The predicted molar refractivity (Wildman–Crippen MR) is 167 cm³/mol. The van der Waals surface area contributed by atoms with E-state index in [4.69, 9.17) is 23.2 Å². The largest absolute Gasteiger partial charge is 0.362 e. The minimum absolute atomic E-state index is 0.00582. The third-order valence-electron chi connectivity index (χ3n) is 9.42. The molecule has 222 valence electrons. The number of benzene rings is 2. The first-order valence-corrected chi connectivity index (χ1v) is 15.9. The lowest BCUT2D eigenvalue weighted by Crippen LogP contribution is -2.45. The molecule has 1 saturated heterocycles. The quantitative estimate of drug-likeness (QED) is 0.217. The van der Waals surface area contributed by atoms with Crippen LogP contribution >= 0.6 is 23.2 Å². The van der Waals surface area contributed by atoms with Crippen molar-refractivity contribution in [3.05, 3.63) is 69.8 Å². The Balaban J connectivity index is 1.17. The Bertz CT molecular complexity index is 1680. The SMILES string of the molecule is N#Cc1cnc2c(Cl)cc(N(Cc3cn(C4CCN(C5CCC5)CC4)nn3)C3CCC3)cc2c1Nc1ccc(F)c(Cl)c1. The fourth-order valence-corrected chi connectivity index (χ4v) is 6.93. The average Bonchev–Trinajstić information content (AvgIpc) is 3.42. The van der Waals surface area contributed by atoms with E-state index in [-0.39, 0.29) is 5.02 Å². The predicted octanol–water partition coefficient (Wildman–Crippen LogP) is 7.64. The number of piperidine rings is 1. The van der Waals surface area contributed by atoms with Gasteiger partial charge >= 0.3 is 0 Å². The summed E-state index contributed by atoms with van der Waals surface area (Å²) in [5.74, 6) is -0.509. The lowest BCUT2D eigenvalue weighted by molar-refractivity contribution is 0.0838. The summed E-state index contributed by atoms with van der Waals surface area (Å²) in [6.07, 6.45) is 13.2. The molecule has 0 unspecified atom stereocenters. The smallest absolute Gasteiger partial charge is 0.141 e. The molecule has 2 aliphatic carbocycles. The molecule has 0 amide bonds. The van der Waals surface area contributed by atoms with Gasteiger partial charge in [0.15, 0.2) is 0 Å². The molecule has 1 aliphatic heterocycles. The number of nitrogens with zero attached hydrogens (tertiary/aromatic N) is 7. The van der Waals surface area contributed by atoms with Gasteiger partial charge in [0.1, 0.15) is 17.6 Å². The standard InChI is InChI=1S/C32H33Cl2FN8/c33-28-13-21(7-8-30(28)35)38-31-20(16-36)17-37-32-27(31)14-26(15-29(32)34)42(24-5-2-6-24)18-22-19-43(40-39-22)25-9-11-41(12-10-25)23-3-1-4-23/h7-8,13-15,17,19,23-25H,1-6,9-12,18H2,(H,37,38). The monoisotopic (exact) mass is 618 g/mol. The van der Waals surface area contributed by atoms with E-state index in [1.54, 1.807) is 6.07 Å². The van der Waals surface area contributed by atoms with Crippen molar-refractivity contribution in [1.82, 2.24) is 24.9 Å². The number of aromatic nitrogens is 4. The summed E-state index contributed by atoms with van der Waals surface area (Å²) >= 11 is 12.9. The van der Waals surface area contributed by atoms with Gasteiger partial charge in [0, 0.05) is 48.1 Å². The van der Waals surface area contributed by atoms with Gasteiger partial charge in [0.2, 0.25) is 0 Å². The molecule has 8 nitrogen and oxygen atoms in total. The highest BCUT2D eigenvalue weighted by Gasteiger charge is 2.31. The van der Waals surface area contributed by atoms with E-state index < -0.39 is 5.82 Å². The number of nitriles is 1. The van der Waals surface area contributed by atoms with Crippen LogP contribution in [0.1, 0.15) is 68.7 Å². The van der Waals surface area contributed by atoms with Gasteiger partial charge in [-0.15, -0.1) is 5.10 Å². The van der Waals surface area contributed by atoms with Crippen LogP contribution in [0.5, 0.6) is 0 Å². The first kappa shape index (κ1) is 28.3. The second-order valence-corrected chi connectivity index (χ2v) is 12.8. The second kappa shape index (κ2) is 11.9. The molecule has 4 aromatic rings. The summed E-state index contributed by atoms with van der Waals surface area (Å²) < 4.78 is 15.9. The van der Waals surface area contributed by atoms with Crippen LogP contribution in [0.15, 0.2) is 42.7 Å². The van der Waals surface area contributed by atoms with Crippen LogP contribution in [0.2, 0.25) is 10.0 Å². The number of fused-ring (bicyclic) bond motifs is 1. The summed E-state index contributed by atoms with van der Waals surface area (Å²) in [6, 6.07) is 12.1. The zero-order chi connectivity index (χ0) is 29.5. The number of pyridine rings is 1. The molecule has 7 rings (SSSR count). The van der Waals surface area contributed by atoms with Crippen LogP contribution in [0, 0.1) is 17.1 Å². The summed E-state index contributed by atoms with van der Waals surface area (Å²) in [4.78, 5) is 9.50. The van der Waals surface area contributed by atoms with E-state index in [1.165, 1.54) is 44.0 Å². The van der Waals surface area contributed by atoms with Gasteiger partial charge in [0.25, 0.3) is 0 Å². The van der Waals surface area contributed by atoms with Crippen LogP contribution in [-0.4, -0.2) is 50.1 Å². The molecule has 0 radical (unpaired) electrons. The molecule has 1 N–H and O–H groups in total. The minimum atomic E-state index is -0.509. The Morgan fingerprint density at radius 1 is 1.00 bits per heavy atom. The van der Waals surface area contributed by atoms with Crippen LogP contribution in [0.4, 0.5) is 21.5 Å². The summed E-state index contributed by atoms with van der Waals surface area (Å²) in [5.41, 5.74) is 3.89. The molecular formula is C32H33Cl2FN8. The molecule has 0 atom stereocenters. The molecule has 11 heteroatoms. The van der Waals surface area contributed by atoms with Crippen LogP contribution < -0.4 is 10.2 Å². The Morgan fingerprint density at radius 2 is 1.79 bits per heavy atom. The highest BCUT2D eigenvalue weighted by atomic mass is 35.5. The third-order valence-corrected chi connectivity index (χ3v) is 10.00. The first-order chi connectivity index (χ1) is 21.0.